The van der Waals surface area contributed by atoms with Crippen molar-refractivity contribution in [3.05, 3.63) is 52.3 Å². The Labute approximate surface area is 189 Å². The molecule has 8 nitrogen and oxygen atoms in total. The molecule has 168 valence electrons. The van der Waals surface area contributed by atoms with Gasteiger partial charge in [-0.05, 0) is 55.4 Å². The number of nitrogens with zero attached hydrogens (tertiary/aromatic N) is 4. The molecule has 0 saturated carbocycles. The Hall–Kier alpha value is -3.18. The third-order valence-electron chi connectivity index (χ3n) is 6.27. The number of nitriles is 1. The molecule has 0 aliphatic carbocycles. The Morgan fingerprint density at radius 2 is 2.19 bits per heavy atom. The van der Waals surface area contributed by atoms with E-state index in [0.29, 0.717) is 30.6 Å². The Balaban J connectivity index is 1.41. The van der Waals surface area contributed by atoms with Gasteiger partial charge >= 0.3 is 6.03 Å². The van der Waals surface area contributed by atoms with Crippen LogP contribution in [0.25, 0.3) is 0 Å². The normalized spacial score (nSPS) is 17.2. The van der Waals surface area contributed by atoms with E-state index in [1.807, 2.05) is 43.1 Å². The second-order valence-electron chi connectivity index (χ2n) is 8.46. The van der Waals surface area contributed by atoms with Crippen LogP contribution in [-0.4, -0.2) is 46.7 Å². The summed E-state index contributed by atoms with van der Waals surface area (Å²) in [7, 11) is 0. The highest BCUT2D eigenvalue weighted by molar-refractivity contribution is 5.75. The van der Waals surface area contributed by atoms with Crippen molar-refractivity contribution in [2.24, 2.45) is 0 Å². The summed E-state index contributed by atoms with van der Waals surface area (Å²) in [5.41, 5.74) is 4.60. The molecule has 2 aliphatic rings. The van der Waals surface area contributed by atoms with Gasteiger partial charge in [-0.25, -0.2) is 14.8 Å². The van der Waals surface area contributed by atoms with Gasteiger partial charge in [-0.15, -0.1) is 0 Å². The van der Waals surface area contributed by atoms with Crippen LogP contribution in [0.4, 0.5) is 10.7 Å². The number of urea groups is 1. The first-order valence-corrected chi connectivity index (χ1v) is 11.3. The Kier molecular flexibility index (Phi) is 6.86. The number of aryl methyl sites for hydroxylation is 1. The summed E-state index contributed by atoms with van der Waals surface area (Å²) in [4.78, 5) is 24.0. The number of hydrogen-bond donors (Lipinski definition) is 2. The zero-order chi connectivity index (χ0) is 22.5. The van der Waals surface area contributed by atoms with Gasteiger partial charge in [-0.1, -0.05) is 19.1 Å². The molecular formula is C24H30N6O2. The molecule has 1 unspecified atom stereocenters. The first-order valence-electron chi connectivity index (χ1n) is 11.3. The number of hydrogen-bond acceptors (Lipinski definition) is 6. The number of carbonyl (C=O) groups is 1. The van der Waals surface area contributed by atoms with Crippen molar-refractivity contribution in [1.29, 1.82) is 5.26 Å². The Morgan fingerprint density at radius 3 is 2.91 bits per heavy atom. The van der Waals surface area contributed by atoms with Crippen molar-refractivity contribution < 1.29 is 9.53 Å². The number of fused-ring (bicyclic) bond motifs is 1. The standard InChI is InChI=1S/C24H30N6O2/c1-3-21(17-4-5-18(13-25)16(2)12-17)29-24(31)30-9-6-19-14-26-23(28-22(19)15-30)27-20-7-10-32-11-8-20/h4-5,12,14,20-21H,3,6-11,15H2,1-2H3,(H,29,31)(H,26,27,28). The number of ether oxygens (including phenoxy) is 1. The van der Waals surface area contributed by atoms with Crippen molar-refractivity contribution in [3.8, 4) is 6.07 Å². The molecule has 2 amide bonds. The Bertz CT molecular complexity index is 1010. The van der Waals surface area contributed by atoms with E-state index in [2.05, 4.69) is 21.7 Å². The van der Waals surface area contributed by atoms with Gasteiger partial charge in [0.2, 0.25) is 5.95 Å². The summed E-state index contributed by atoms with van der Waals surface area (Å²) in [5, 5.41) is 15.7. The highest BCUT2D eigenvalue weighted by Crippen LogP contribution is 2.23. The maximum Gasteiger partial charge on any atom is 0.318 e. The minimum absolute atomic E-state index is 0.0953. The first kappa shape index (κ1) is 22.0. The number of aromatic nitrogens is 2. The maximum absolute atomic E-state index is 13.0. The number of amides is 2. The summed E-state index contributed by atoms with van der Waals surface area (Å²) >= 11 is 0. The summed E-state index contributed by atoms with van der Waals surface area (Å²) < 4.78 is 5.41. The average Bonchev–Trinajstić information content (AvgIpc) is 2.82. The zero-order valence-corrected chi connectivity index (χ0v) is 18.7. The molecule has 1 aromatic heterocycles. The average molecular weight is 435 g/mol. The fourth-order valence-corrected chi connectivity index (χ4v) is 4.26. The molecule has 1 fully saturated rings. The van der Waals surface area contributed by atoms with Crippen molar-refractivity contribution >= 4 is 12.0 Å². The largest absolute Gasteiger partial charge is 0.381 e. The number of anilines is 1. The number of nitrogens with one attached hydrogen (secondary N) is 2. The van der Waals surface area contributed by atoms with E-state index in [1.165, 1.54) is 0 Å². The van der Waals surface area contributed by atoms with Gasteiger partial charge in [-0.3, -0.25) is 0 Å². The fourth-order valence-electron chi connectivity index (χ4n) is 4.26. The van der Waals surface area contributed by atoms with E-state index in [4.69, 9.17) is 15.0 Å². The summed E-state index contributed by atoms with van der Waals surface area (Å²) in [5.74, 6) is 0.623. The van der Waals surface area contributed by atoms with E-state index >= 15 is 0 Å². The minimum Gasteiger partial charge on any atom is -0.381 e. The van der Waals surface area contributed by atoms with Crippen LogP contribution in [0.5, 0.6) is 0 Å². The zero-order valence-electron chi connectivity index (χ0n) is 18.7. The second kappa shape index (κ2) is 9.96. The second-order valence-corrected chi connectivity index (χ2v) is 8.46. The van der Waals surface area contributed by atoms with E-state index in [9.17, 15) is 4.79 Å². The van der Waals surface area contributed by atoms with E-state index in [0.717, 1.165) is 61.3 Å². The summed E-state index contributed by atoms with van der Waals surface area (Å²) in [6.45, 7) is 6.59. The molecule has 0 radical (unpaired) electrons. The van der Waals surface area contributed by atoms with Crippen LogP contribution in [0.15, 0.2) is 24.4 Å². The molecule has 0 bridgehead atoms. The molecule has 2 N–H and O–H groups in total. The van der Waals surface area contributed by atoms with Gasteiger partial charge in [0.15, 0.2) is 0 Å². The molecule has 32 heavy (non-hydrogen) atoms. The van der Waals surface area contributed by atoms with Crippen molar-refractivity contribution in [1.82, 2.24) is 20.2 Å². The molecular weight excluding hydrogens is 404 g/mol. The predicted octanol–water partition coefficient (Wildman–Crippen LogP) is 3.47. The molecule has 4 rings (SSSR count). The van der Waals surface area contributed by atoms with Gasteiger partial charge in [0.25, 0.3) is 0 Å². The van der Waals surface area contributed by atoms with E-state index in [1.54, 1.807) is 0 Å². The van der Waals surface area contributed by atoms with Crippen LogP contribution in [0.1, 0.15) is 60.2 Å². The van der Waals surface area contributed by atoms with Crippen molar-refractivity contribution in [2.75, 3.05) is 25.1 Å². The molecule has 1 saturated heterocycles. The van der Waals surface area contributed by atoms with Gasteiger partial charge in [-0.2, -0.15) is 5.26 Å². The first-order chi connectivity index (χ1) is 15.6. The molecule has 0 spiro atoms. The Morgan fingerprint density at radius 1 is 1.38 bits per heavy atom. The number of carbonyl (C=O) groups excluding carboxylic acids is 1. The lowest BCUT2D eigenvalue weighted by Crippen LogP contribution is -2.44. The number of benzene rings is 1. The van der Waals surface area contributed by atoms with Crippen LogP contribution in [0.2, 0.25) is 0 Å². The molecule has 2 aliphatic heterocycles. The minimum atomic E-state index is -0.105. The quantitative estimate of drug-likeness (QED) is 0.747. The van der Waals surface area contributed by atoms with Crippen molar-refractivity contribution in [3.63, 3.8) is 0 Å². The highest BCUT2D eigenvalue weighted by atomic mass is 16.5. The van der Waals surface area contributed by atoms with Crippen LogP contribution in [-0.2, 0) is 17.7 Å². The highest BCUT2D eigenvalue weighted by Gasteiger charge is 2.25. The van der Waals surface area contributed by atoms with Crippen LogP contribution < -0.4 is 10.6 Å². The van der Waals surface area contributed by atoms with Gasteiger partial charge in [0.1, 0.15) is 0 Å². The van der Waals surface area contributed by atoms with Gasteiger partial charge in [0.05, 0.1) is 29.9 Å². The van der Waals surface area contributed by atoms with E-state index < -0.39 is 0 Å². The molecule has 1 atom stereocenters. The van der Waals surface area contributed by atoms with E-state index in [-0.39, 0.29) is 12.1 Å². The predicted molar refractivity (Wildman–Crippen MR) is 121 cm³/mol. The maximum atomic E-state index is 13.0. The fraction of sp³-hybridized carbons (Fsp3) is 0.500. The van der Waals surface area contributed by atoms with Gasteiger partial charge in [0, 0.05) is 32.0 Å². The lowest BCUT2D eigenvalue weighted by molar-refractivity contribution is 0.0903. The molecule has 1 aromatic carbocycles. The number of rotatable bonds is 5. The lowest BCUT2D eigenvalue weighted by atomic mass is 9.99. The monoisotopic (exact) mass is 434 g/mol. The summed E-state index contributed by atoms with van der Waals surface area (Å²) in [6.07, 6.45) is 5.29. The van der Waals surface area contributed by atoms with Crippen LogP contribution >= 0.6 is 0 Å². The van der Waals surface area contributed by atoms with Crippen LogP contribution in [0, 0.1) is 18.3 Å². The lowest BCUT2D eigenvalue weighted by Gasteiger charge is -2.30. The van der Waals surface area contributed by atoms with Crippen LogP contribution in [0.3, 0.4) is 0 Å². The van der Waals surface area contributed by atoms with Crippen molar-refractivity contribution in [2.45, 2.75) is 58.2 Å². The molecule has 2 aromatic rings. The summed E-state index contributed by atoms with van der Waals surface area (Å²) in [6, 6.07) is 8.05. The van der Waals surface area contributed by atoms with Gasteiger partial charge < -0.3 is 20.3 Å². The molecule has 8 heteroatoms. The third-order valence-corrected chi connectivity index (χ3v) is 6.27. The smallest absolute Gasteiger partial charge is 0.318 e. The molecule has 3 heterocycles. The topological polar surface area (TPSA) is 103 Å². The third kappa shape index (κ3) is 5.00. The SMILES string of the molecule is CCC(NC(=O)N1CCc2cnc(NC3CCOCC3)nc2C1)c1ccc(C#N)c(C)c1.